The highest BCUT2D eigenvalue weighted by atomic mass is 32.2. The Morgan fingerprint density at radius 1 is 1.20 bits per heavy atom. The fraction of sp³-hybridized carbons (Fsp3) is 1.00. The van der Waals surface area contributed by atoms with E-state index in [0.29, 0.717) is 19.6 Å². The van der Waals surface area contributed by atoms with Crippen LogP contribution in [0.4, 0.5) is 8.78 Å². The van der Waals surface area contributed by atoms with Crippen molar-refractivity contribution in [2.24, 2.45) is 5.73 Å². The molecule has 6 nitrogen and oxygen atoms in total. The van der Waals surface area contributed by atoms with E-state index in [2.05, 4.69) is 0 Å². The van der Waals surface area contributed by atoms with Gasteiger partial charge in [0.25, 0.3) is 16.1 Å². The first kappa shape index (κ1) is 16.0. The molecule has 2 heterocycles. The van der Waals surface area contributed by atoms with E-state index in [1.165, 1.54) is 8.61 Å². The van der Waals surface area contributed by atoms with Gasteiger partial charge in [-0.15, -0.1) is 0 Å². The Bertz CT molecular complexity index is 436. The minimum atomic E-state index is -3.69. The molecule has 0 aliphatic carbocycles. The molecule has 9 heteroatoms. The number of piperazine rings is 1. The summed E-state index contributed by atoms with van der Waals surface area (Å²) in [5, 5.41) is 0. The van der Waals surface area contributed by atoms with Crippen LogP contribution in [0.25, 0.3) is 0 Å². The lowest BCUT2D eigenvalue weighted by molar-refractivity contribution is -0.0423. The summed E-state index contributed by atoms with van der Waals surface area (Å²) in [7, 11) is -1.78. The van der Waals surface area contributed by atoms with Gasteiger partial charge in [0.15, 0.2) is 0 Å². The van der Waals surface area contributed by atoms with Gasteiger partial charge in [-0.2, -0.15) is 17.0 Å². The molecule has 1 unspecified atom stereocenters. The van der Waals surface area contributed by atoms with E-state index in [1.54, 1.807) is 0 Å². The molecule has 0 aromatic carbocycles. The summed E-state index contributed by atoms with van der Waals surface area (Å²) >= 11 is 0. The van der Waals surface area contributed by atoms with Gasteiger partial charge in [-0.25, -0.2) is 8.78 Å². The zero-order valence-corrected chi connectivity index (χ0v) is 12.5. The summed E-state index contributed by atoms with van der Waals surface area (Å²) in [5.74, 6) is -2.75. The number of nitrogens with zero attached hydrogens (tertiary/aromatic N) is 3. The van der Waals surface area contributed by atoms with E-state index in [0.717, 1.165) is 0 Å². The predicted molar refractivity (Wildman–Crippen MR) is 71.7 cm³/mol. The predicted octanol–water partition coefficient (Wildman–Crippen LogP) is -0.463. The Hall–Kier alpha value is -0.350. The van der Waals surface area contributed by atoms with E-state index in [4.69, 9.17) is 5.73 Å². The Balaban J connectivity index is 2.10. The van der Waals surface area contributed by atoms with Crippen LogP contribution in [-0.2, 0) is 10.2 Å². The number of alkyl halides is 2. The Morgan fingerprint density at radius 3 is 2.35 bits per heavy atom. The molecule has 2 aliphatic rings. The van der Waals surface area contributed by atoms with Crippen molar-refractivity contribution in [1.82, 2.24) is 13.5 Å². The van der Waals surface area contributed by atoms with Crippen LogP contribution in [0.5, 0.6) is 0 Å². The molecular formula is C11H22F2N4O2S. The lowest BCUT2D eigenvalue weighted by atomic mass is 10.1. The average molecular weight is 312 g/mol. The van der Waals surface area contributed by atoms with Gasteiger partial charge in [-0.05, 0) is 7.05 Å². The van der Waals surface area contributed by atoms with Gasteiger partial charge in [0.1, 0.15) is 0 Å². The van der Waals surface area contributed by atoms with Gasteiger partial charge in [-0.1, -0.05) is 0 Å². The first-order valence-electron chi connectivity index (χ1n) is 6.79. The van der Waals surface area contributed by atoms with Crippen LogP contribution >= 0.6 is 0 Å². The Labute approximate surface area is 118 Å². The van der Waals surface area contributed by atoms with Gasteiger partial charge < -0.3 is 10.6 Å². The average Bonchev–Trinajstić information content (AvgIpc) is 2.37. The number of halogens is 2. The number of hydrogen-bond donors (Lipinski definition) is 1. The van der Waals surface area contributed by atoms with Crippen LogP contribution in [0, 0.1) is 0 Å². The molecule has 0 aromatic rings. The van der Waals surface area contributed by atoms with Crippen LogP contribution in [0.3, 0.4) is 0 Å². The van der Waals surface area contributed by atoms with Gasteiger partial charge in [0.2, 0.25) is 0 Å². The monoisotopic (exact) mass is 312 g/mol. The lowest BCUT2D eigenvalue weighted by Crippen LogP contribution is -2.60. The normalized spacial score (nSPS) is 30.5. The number of likely N-dealkylation sites (N-methyl/N-ethyl adjacent to an activating group) is 1. The SMILES string of the molecule is CN1CCN(S(=O)(=O)N2CCC(F)(F)CC2)C(CN)C1. The topological polar surface area (TPSA) is 69.9 Å². The van der Waals surface area contributed by atoms with Crippen LogP contribution in [0.15, 0.2) is 0 Å². The molecule has 0 radical (unpaired) electrons. The van der Waals surface area contributed by atoms with E-state index in [-0.39, 0.29) is 25.7 Å². The highest BCUT2D eigenvalue weighted by molar-refractivity contribution is 7.86. The maximum absolute atomic E-state index is 13.1. The van der Waals surface area contributed by atoms with E-state index >= 15 is 0 Å². The molecule has 0 saturated carbocycles. The second kappa shape index (κ2) is 5.80. The second-order valence-electron chi connectivity index (χ2n) is 5.53. The summed E-state index contributed by atoms with van der Waals surface area (Å²) in [5.41, 5.74) is 5.65. The molecule has 0 spiro atoms. The number of rotatable bonds is 3. The van der Waals surface area contributed by atoms with Crippen LogP contribution in [0.1, 0.15) is 12.8 Å². The fourth-order valence-corrected chi connectivity index (χ4v) is 4.46. The van der Waals surface area contributed by atoms with Crippen molar-refractivity contribution in [2.45, 2.75) is 24.8 Å². The summed E-state index contributed by atoms with van der Waals surface area (Å²) < 4.78 is 53.9. The van der Waals surface area contributed by atoms with Gasteiger partial charge in [-0.3, -0.25) is 0 Å². The van der Waals surface area contributed by atoms with Gasteiger partial charge >= 0.3 is 0 Å². The smallest absolute Gasteiger partial charge is 0.282 e. The summed E-state index contributed by atoms with van der Waals surface area (Å²) in [6.07, 6.45) is -0.819. The van der Waals surface area contributed by atoms with Crippen LogP contribution in [-0.4, -0.2) is 80.2 Å². The molecule has 1 atom stereocenters. The number of piperidine rings is 1. The van der Waals surface area contributed by atoms with Crippen molar-refractivity contribution in [3.05, 3.63) is 0 Å². The van der Waals surface area contributed by atoms with Gasteiger partial charge in [0.05, 0.1) is 6.04 Å². The number of nitrogens with two attached hydrogens (primary N) is 1. The van der Waals surface area contributed by atoms with Crippen molar-refractivity contribution in [2.75, 3.05) is 46.3 Å². The van der Waals surface area contributed by atoms with E-state index < -0.39 is 29.0 Å². The van der Waals surface area contributed by atoms with Crippen LogP contribution < -0.4 is 5.73 Å². The molecule has 118 valence electrons. The van der Waals surface area contributed by atoms with Crippen molar-refractivity contribution >= 4 is 10.2 Å². The van der Waals surface area contributed by atoms with Crippen molar-refractivity contribution in [3.8, 4) is 0 Å². The molecule has 0 amide bonds. The quantitative estimate of drug-likeness (QED) is 0.765. The molecule has 0 bridgehead atoms. The summed E-state index contributed by atoms with van der Waals surface area (Å²) in [4.78, 5) is 2.02. The molecule has 2 fully saturated rings. The minimum absolute atomic E-state index is 0.126. The lowest BCUT2D eigenvalue weighted by Gasteiger charge is -2.42. The molecule has 2 N–H and O–H groups in total. The van der Waals surface area contributed by atoms with Crippen molar-refractivity contribution < 1.29 is 17.2 Å². The fourth-order valence-electron chi connectivity index (χ4n) is 2.68. The van der Waals surface area contributed by atoms with Gasteiger partial charge in [0, 0.05) is 52.1 Å². The minimum Gasteiger partial charge on any atom is -0.329 e. The number of hydrogen-bond acceptors (Lipinski definition) is 4. The summed E-state index contributed by atoms with van der Waals surface area (Å²) in [6.45, 7) is 1.53. The third kappa shape index (κ3) is 3.28. The maximum atomic E-state index is 13.1. The standard InChI is InChI=1S/C11H22F2N4O2S/c1-15-6-7-17(10(8-14)9-15)20(18,19)16-4-2-11(12,13)3-5-16/h10H,2-9,14H2,1H3. The molecule has 20 heavy (non-hydrogen) atoms. The molecule has 2 rings (SSSR count). The highest BCUT2D eigenvalue weighted by Crippen LogP contribution is 2.30. The van der Waals surface area contributed by atoms with E-state index in [9.17, 15) is 17.2 Å². The zero-order valence-electron chi connectivity index (χ0n) is 11.6. The van der Waals surface area contributed by atoms with E-state index in [1.807, 2.05) is 11.9 Å². The second-order valence-corrected chi connectivity index (χ2v) is 7.41. The zero-order chi connectivity index (χ0) is 15.0. The van der Waals surface area contributed by atoms with Crippen LogP contribution in [0.2, 0.25) is 0 Å². The molecule has 2 aliphatic heterocycles. The maximum Gasteiger partial charge on any atom is 0.282 e. The third-order valence-electron chi connectivity index (χ3n) is 3.98. The Kier molecular flexibility index (Phi) is 4.65. The van der Waals surface area contributed by atoms with Crippen molar-refractivity contribution in [1.29, 1.82) is 0 Å². The largest absolute Gasteiger partial charge is 0.329 e. The molecule has 0 aromatic heterocycles. The highest BCUT2D eigenvalue weighted by Gasteiger charge is 2.42. The third-order valence-corrected chi connectivity index (χ3v) is 6.07. The molecular weight excluding hydrogens is 290 g/mol. The first-order valence-corrected chi connectivity index (χ1v) is 8.19. The Morgan fingerprint density at radius 2 is 1.80 bits per heavy atom. The first-order chi connectivity index (χ1) is 9.26. The van der Waals surface area contributed by atoms with Crippen molar-refractivity contribution in [3.63, 3.8) is 0 Å². The molecule has 2 saturated heterocycles. The summed E-state index contributed by atoms with van der Waals surface area (Å²) in [6, 6.07) is -0.291.